The molecule has 0 spiro atoms. The van der Waals surface area contributed by atoms with Crippen LogP contribution in [0.1, 0.15) is 265 Å². The van der Waals surface area contributed by atoms with E-state index in [0.29, 0.717) is 12.8 Å². The number of carbonyl (C=O) groups is 2. The molecule has 0 aromatic carbocycles. The summed E-state index contributed by atoms with van der Waals surface area (Å²) in [5.41, 5.74) is 0. The minimum absolute atomic E-state index is 0.0996. The topological polar surface area (TPSA) is 175 Å². The molecule has 1 rings (SSSR count). The van der Waals surface area contributed by atoms with E-state index in [2.05, 4.69) is 56.5 Å². The fourth-order valence-corrected chi connectivity index (χ4v) is 9.35. The molecule has 1 aliphatic heterocycles. The van der Waals surface area contributed by atoms with Crippen molar-refractivity contribution in [3.63, 3.8) is 0 Å². The third kappa shape index (κ3) is 38.8. The summed E-state index contributed by atoms with van der Waals surface area (Å²) in [6.07, 6.45) is 52.7. The lowest BCUT2D eigenvalue weighted by molar-refractivity contribution is -0.305. The number of nitrogens with one attached hydrogen (secondary N) is 1. The van der Waals surface area contributed by atoms with Crippen molar-refractivity contribution in [2.45, 2.75) is 314 Å². The maximum Gasteiger partial charge on any atom is 0.306 e. The molecule has 11 heteroatoms. The summed E-state index contributed by atoms with van der Waals surface area (Å²) in [7, 11) is 0. The molecule has 1 fully saturated rings. The van der Waals surface area contributed by atoms with Crippen LogP contribution in [0.25, 0.3) is 0 Å². The Bertz CT molecular complexity index is 1430. The molecule has 0 aromatic heterocycles. The van der Waals surface area contributed by atoms with E-state index >= 15 is 0 Å². The minimum Gasteiger partial charge on any atom is -0.454 e. The molecule has 430 valence electrons. The number of unbranched alkanes of at least 4 members (excludes halogenated alkanes) is 31. The monoisotopic (exact) mass is 1040 g/mol. The minimum atomic E-state index is -1.62. The lowest BCUT2D eigenvalue weighted by Gasteiger charge is -2.41. The number of aliphatic hydroxyl groups excluding tert-OH is 5. The van der Waals surface area contributed by atoms with Gasteiger partial charge in [0.2, 0.25) is 5.91 Å². The zero-order valence-corrected chi connectivity index (χ0v) is 47.5. The SMILES string of the molecule is CC/C=C/C=C/C=C\CCCCCCCC(=O)OC1C(OCC(NC(=O)C(O)CCCCCCCCCCCC/C=C/CCCCCCCC)C(O)/C=C/CCCCCCCCCCCC)OC(CO)C(O)C1O. The average molecular weight is 1040 g/mol. The van der Waals surface area contributed by atoms with Crippen molar-refractivity contribution >= 4 is 11.9 Å². The van der Waals surface area contributed by atoms with Gasteiger partial charge in [-0.15, -0.1) is 0 Å². The molecule has 0 aliphatic carbocycles. The molecular formula is C63H113NO10. The molecule has 0 bridgehead atoms. The summed E-state index contributed by atoms with van der Waals surface area (Å²) in [6.45, 7) is 5.64. The van der Waals surface area contributed by atoms with Crippen LogP contribution in [0, 0.1) is 0 Å². The fraction of sp³-hybridized carbons (Fsp3) is 0.810. The first-order chi connectivity index (χ1) is 36.2. The van der Waals surface area contributed by atoms with Crippen LogP contribution in [-0.4, -0.2) is 99.6 Å². The van der Waals surface area contributed by atoms with Gasteiger partial charge in [-0.3, -0.25) is 9.59 Å². The van der Waals surface area contributed by atoms with E-state index in [1.165, 1.54) is 141 Å². The lowest BCUT2D eigenvalue weighted by Crippen LogP contribution is -2.61. The summed E-state index contributed by atoms with van der Waals surface area (Å²) in [6, 6.07) is -1.03. The highest BCUT2D eigenvalue weighted by Crippen LogP contribution is 2.26. The molecule has 0 aromatic rings. The maximum atomic E-state index is 13.4. The Kier molecular flexibility index (Phi) is 47.9. The summed E-state index contributed by atoms with van der Waals surface area (Å²) < 4.78 is 17.6. The molecular weight excluding hydrogens is 931 g/mol. The van der Waals surface area contributed by atoms with Gasteiger partial charge in [0.15, 0.2) is 12.4 Å². The lowest BCUT2D eigenvalue weighted by atomic mass is 9.99. The number of aliphatic hydroxyl groups is 5. The van der Waals surface area contributed by atoms with Gasteiger partial charge in [0.05, 0.1) is 25.4 Å². The van der Waals surface area contributed by atoms with E-state index in [0.717, 1.165) is 77.0 Å². The number of amides is 1. The van der Waals surface area contributed by atoms with Crippen LogP contribution in [0.4, 0.5) is 0 Å². The van der Waals surface area contributed by atoms with Crippen LogP contribution in [0.3, 0.4) is 0 Å². The van der Waals surface area contributed by atoms with Gasteiger partial charge in [-0.25, -0.2) is 0 Å². The van der Waals surface area contributed by atoms with E-state index in [1.54, 1.807) is 6.08 Å². The van der Waals surface area contributed by atoms with Crippen molar-refractivity contribution in [3.05, 3.63) is 60.8 Å². The van der Waals surface area contributed by atoms with Crippen LogP contribution in [-0.2, 0) is 23.8 Å². The van der Waals surface area contributed by atoms with Gasteiger partial charge in [-0.2, -0.15) is 0 Å². The van der Waals surface area contributed by atoms with E-state index in [1.807, 2.05) is 24.3 Å². The number of hydrogen-bond donors (Lipinski definition) is 6. The largest absolute Gasteiger partial charge is 0.454 e. The van der Waals surface area contributed by atoms with Crippen molar-refractivity contribution < 1.29 is 49.3 Å². The number of carbonyl (C=O) groups excluding carboxylic acids is 2. The van der Waals surface area contributed by atoms with Crippen LogP contribution >= 0.6 is 0 Å². The summed E-state index contributed by atoms with van der Waals surface area (Å²) >= 11 is 0. The molecule has 1 heterocycles. The second-order valence-corrected chi connectivity index (χ2v) is 21.1. The molecule has 11 nitrogen and oxygen atoms in total. The molecule has 8 atom stereocenters. The zero-order valence-electron chi connectivity index (χ0n) is 47.5. The molecule has 8 unspecified atom stereocenters. The van der Waals surface area contributed by atoms with Crippen molar-refractivity contribution in [3.8, 4) is 0 Å². The first-order valence-corrected chi connectivity index (χ1v) is 30.6. The standard InChI is InChI=1S/C63H113NO10/c1-4-7-10-13-16-19-22-25-26-27-28-29-30-31-33-35-38-41-44-47-50-56(67)62(71)64-54(55(66)49-46-43-40-37-34-24-21-18-15-12-9-6-3)53-72-63-61(60(70)59(69)57(52-65)73-63)74-58(68)51-48-45-42-39-36-32-23-20-17-14-11-8-5-2/h8,11,14,17,20,23,25-26,46,49,54-57,59-61,63,65-67,69-70H,4-7,9-10,12-13,15-16,18-19,21-22,24,27-45,47-48,50-53H2,1-3H3,(H,64,71)/b11-8+,17-14+,23-20-,26-25+,49-46+. The second kappa shape index (κ2) is 51.1. The normalized spacial score (nSPS) is 19.7. The number of hydrogen-bond acceptors (Lipinski definition) is 10. The Morgan fingerprint density at radius 2 is 0.986 bits per heavy atom. The Labute approximate surface area is 452 Å². The van der Waals surface area contributed by atoms with Gasteiger partial charge < -0.3 is 45.1 Å². The van der Waals surface area contributed by atoms with E-state index in [-0.39, 0.29) is 19.4 Å². The van der Waals surface area contributed by atoms with Crippen LogP contribution in [0.15, 0.2) is 60.8 Å². The Hall–Kier alpha value is -2.64. The van der Waals surface area contributed by atoms with Crippen molar-refractivity contribution in [1.82, 2.24) is 5.32 Å². The molecule has 74 heavy (non-hydrogen) atoms. The predicted octanol–water partition coefficient (Wildman–Crippen LogP) is 14.2. The van der Waals surface area contributed by atoms with Crippen LogP contribution in [0.2, 0.25) is 0 Å². The molecule has 0 radical (unpaired) electrons. The molecule has 6 N–H and O–H groups in total. The average Bonchev–Trinajstić information content (AvgIpc) is 3.40. The number of esters is 1. The zero-order chi connectivity index (χ0) is 54.0. The summed E-state index contributed by atoms with van der Waals surface area (Å²) in [5, 5.41) is 56.9. The van der Waals surface area contributed by atoms with E-state index < -0.39 is 67.4 Å². The van der Waals surface area contributed by atoms with Crippen molar-refractivity contribution in [1.29, 1.82) is 0 Å². The number of rotatable bonds is 51. The third-order valence-electron chi connectivity index (χ3n) is 14.2. The van der Waals surface area contributed by atoms with Crippen LogP contribution < -0.4 is 5.32 Å². The van der Waals surface area contributed by atoms with Gasteiger partial charge >= 0.3 is 5.97 Å². The van der Waals surface area contributed by atoms with Crippen LogP contribution in [0.5, 0.6) is 0 Å². The van der Waals surface area contributed by atoms with E-state index in [9.17, 15) is 35.1 Å². The van der Waals surface area contributed by atoms with Crippen molar-refractivity contribution in [2.24, 2.45) is 0 Å². The van der Waals surface area contributed by atoms with Gasteiger partial charge in [0, 0.05) is 6.42 Å². The molecule has 1 saturated heterocycles. The second-order valence-electron chi connectivity index (χ2n) is 21.1. The smallest absolute Gasteiger partial charge is 0.306 e. The first kappa shape index (κ1) is 69.4. The van der Waals surface area contributed by atoms with Gasteiger partial charge in [0.25, 0.3) is 0 Å². The highest BCUT2D eigenvalue weighted by Gasteiger charge is 2.47. The fourth-order valence-electron chi connectivity index (χ4n) is 9.35. The molecule has 1 aliphatic rings. The maximum absolute atomic E-state index is 13.4. The Morgan fingerprint density at radius 3 is 1.49 bits per heavy atom. The quantitative estimate of drug-likeness (QED) is 0.0149. The van der Waals surface area contributed by atoms with Gasteiger partial charge in [0.1, 0.15) is 24.4 Å². The number of ether oxygens (including phenoxy) is 3. The first-order valence-electron chi connectivity index (χ1n) is 30.6. The Balaban J connectivity index is 2.68. The predicted molar refractivity (Wildman–Crippen MR) is 306 cm³/mol. The number of allylic oxidation sites excluding steroid dienone is 9. The highest BCUT2D eigenvalue weighted by molar-refractivity contribution is 5.80. The third-order valence-corrected chi connectivity index (χ3v) is 14.2. The van der Waals surface area contributed by atoms with E-state index in [4.69, 9.17) is 14.2 Å². The molecule has 0 saturated carbocycles. The Morgan fingerprint density at radius 1 is 0.541 bits per heavy atom. The van der Waals surface area contributed by atoms with Crippen molar-refractivity contribution in [2.75, 3.05) is 13.2 Å². The summed E-state index contributed by atoms with van der Waals surface area (Å²) in [4.78, 5) is 26.5. The van der Waals surface area contributed by atoms with Gasteiger partial charge in [-0.05, 0) is 70.6 Å². The highest BCUT2D eigenvalue weighted by atomic mass is 16.7. The summed E-state index contributed by atoms with van der Waals surface area (Å²) in [5.74, 6) is -1.21. The molecule has 1 amide bonds. The van der Waals surface area contributed by atoms with Gasteiger partial charge in [-0.1, -0.05) is 248 Å².